The molecule has 2 N–H and O–H groups in total. The van der Waals surface area contributed by atoms with Gasteiger partial charge in [0.1, 0.15) is 5.82 Å². The van der Waals surface area contributed by atoms with Crippen LogP contribution in [0.2, 0.25) is 0 Å². The first-order chi connectivity index (χ1) is 9.72. The van der Waals surface area contributed by atoms with Crippen LogP contribution in [-0.2, 0) is 4.74 Å². The molecule has 0 amide bonds. The van der Waals surface area contributed by atoms with Gasteiger partial charge in [-0.15, -0.1) is 0 Å². The molecule has 1 atom stereocenters. The molecule has 1 unspecified atom stereocenters. The highest BCUT2D eigenvalue weighted by molar-refractivity contribution is 5.25. The van der Waals surface area contributed by atoms with Gasteiger partial charge in [-0.2, -0.15) is 0 Å². The number of hydrogen-bond acceptors (Lipinski definition) is 3. The number of morpholine rings is 1. The summed E-state index contributed by atoms with van der Waals surface area (Å²) in [5, 5.41) is 0. The summed E-state index contributed by atoms with van der Waals surface area (Å²) in [6.07, 6.45) is 4.62. The summed E-state index contributed by atoms with van der Waals surface area (Å²) in [6.45, 7) is 3.42. The van der Waals surface area contributed by atoms with Crippen LogP contribution >= 0.6 is 0 Å². The van der Waals surface area contributed by atoms with Gasteiger partial charge in [-0.05, 0) is 30.5 Å². The molecule has 110 valence electrons. The Kier molecular flexibility index (Phi) is 4.06. The molecule has 0 spiro atoms. The molecule has 1 heterocycles. The molecule has 1 saturated carbocycles. The summed E-state index contributed by atoms with van der Waals surface area (Å²) >= 11 is 0. The Balaban J connectivity index is 1.89. The molecule has 0 aromatic heterocycles. The van der Waals surface area contributed by atoms with Gasteiger partial charge >= 0.3 is 0 Å². The van der Waals surface area contributed by atoms with Gasteiger partial charge in [-0.1, -0.05) is 25.0 Å². The van der Waals surface area contributed by atoms with Crippen molar-refractivity contribution in [1.82, 2.24) is 4.90 Å². The summed E-state index contributed by atoms with van der Waals surface area (Å²) in [6, 6.07) is 6.65. The van der Waals surface area contributed by atoms with Crippen LogP contribution in [0.3, 0.4) is 0 Å². The molecule has 3 rings (SSSR count). The molecule has 20 heavy (non-hydrogen) atoms. The van der Waals surface area contributed by atoms with E-state index in [-0.39, 0.29) is 17.4 Å². The molecule has 1 aliphatic heterocycles. The Hall–Kier alpha value is -0.970. The topological polar surface area (TPSA) is 38.5 Å². The van der Waals surface area contributed by atoms with Crippen molar-refractivity contribution in [3.05, 3.63) is 35.6 Å². The van der Waals surface area contributed by atoms with Crippen LogP contribution in [0, 0.1) is 5.82 Å². The van der Waals surface area contributed by atoms with Crippen LogP contribution in [-0.4, -0.2) is 36.7 Å². The van der Waals surface area contributed by atoms with Crippen molar-refractivity contribution in [3.8, 4) is 0 Å². The first-order valence-electron chi connectivity index (χ1n) is 7.56. The largest absolute Gasteiger partial charge is 0.379 e. The summed E-state index contributed by atoms with van der Waals surface area (Å²) in [7, 11) is 0. The minimum atomic E-state index is -0.201. The van der Waals surface area contributed by atoms with E-state index in [9.17, 15) is 4.39 Å². The van der Waals surface area contributed by atoms with Gasteiger partial charge in [0.2, 0.25) is 0 Å². The third-order valence-electron chi connectivity index (χ3n) is 4.90. The van der Waals surface area contributed by atoms with Gasteiger partial charge in [-0.25, -0.2) is 4.39 Å². The summed E-state index contributed by atoms with van der Waals surface area (Å²) in [4.78, 5) is 2.49. The average molecular weight is 278 g/mol. The number of ether oxygens (including phenoxy) is 1. The number of nitrogens with zero attached hydrogens (tertiary/aromatic N) is 1. The number of rotatable bonds is 3. The van der Waals surface area contributed by atoms with E-state index >= 15 is 0 Å². The minimum Gasteiger partial charge on any atom is -0.379 e. The number of benzene rings is 1. The highest BCUT2D eigenvalue weighted by Crippen LogP contribution is 2.43. The van der Waals surface area contributed by atoms with E-state index in [1.165, 1.54) is 18.9 Å². The van der Waals surface area contributed by atoms with Crippen molar-refractivity contribution in [1.29, 1.82) is 0 Å². The third kappa shape index (κ3) is 2.48. The predicted molar refractivity (Wildman–Crippen MR) is 76.9 cm³/mol. The van der Waals surface area contributed by atoms with E-state index in [4.69, 9.17) is 10.5 Å². The summed E-state index contributed by atoms with van der Waals surface area (Å²) in [5.41, 5.74) is 7.48. The molecule has 0 radical (unpaired) electrons. The monoisotopic (exact) mass is 278 g/mol. The van der Waals surface area contributed by atoms with Gasteiger partial charge < -0.3 is 10.5 Å². The Morgan fingerprint density at radius 2 is 1.90 bits per heavy atom. The number of hydrogen-bond donors (Lipinski definition) is 1. The number of nitrogens with two attached hydrogens (primary N) is 1. The maximum Gasteiger partial charge on any atom is 0.123 e. The lowest BCUT2D eigenvalue weighted by Crippen LogP contribution is -2.57. The molecular weight excluding hydrogens is 255 g/mol. The second-order valence-corrected chi connectivity index (χ2v) is 5.94. The fourth-order valence-corrected chi connectivity index (χ4v) is 3.83. The van der Waals surface area contributed by atoms with E-state index < -0.39 is 0 Å². The highest BCUT2D eigenvalue weighted by Gasteiger charge is 2.45. The van der Waals surface area contributed by atoms with Crippen molar-refractivity contribution in [2.45, 2.75) is 37.3 Å². The molecule has 0 bridgehead atoms. The lowest BCUT2D eigenvalue weighted by atomic mass is 9.82. The average Bonchev–Trinajstić information content (AvgIpc) is 2.98. The van der Waals surface area contributed by atoms with Crippen LogP contribution in [0.5, 0.6) is 0 Å². The third-order valence-corrected chi connectivity index (χ3v) is 4.90. The zero-order valence-corrected chi connectivity index (χ0v) is 11.9. The standard InChI is InChI=1S/C16H23FN2O/c17-14-5-3-4-13(12-14)15(18)16(6-1-2-7-16)19-8-10-20-11-9-19/h3-5,12,15H,1-2,6-11,18H2. The maximum atomic E-state index is 13.5. The molecule has 1 aliphatic carbocycles. The quantitative estimate of drug-likeness (QED) is 0.923. The molecule has 2 fully saturated rings. The second kappa shape index (κ2) is 5.80. The molecule has 3 nitrogen and oxygen atoms in total. The van der Waals surface area contributed by atoms with Crippen LogP contribution in [0.1, 0.15) is 37.3 Å². The predicted octanol–water partition coefficient (Wildman–Crippen LogP) is 2.47. The number of halogens is 1. The van der Waals surface area contributed by atoms with Crippen molar-refractivity contribution in [2.75, 3.05) is 26.3 Å². The van der Waals surface area contributed by atoms with Gasteiger partial charge in [-0.3, -0.25) is 4.90 Å². The Morgan fingerprint density at radius 3 is 2.55 bits per heavy atom. The first-order valence-corrected chi connectivity index (χ1v) is 7.56. The van der Waals surface area contributed by atoms with Gasteiger partial charge in [0.05, 0.1) is 13.2 Å². The Morgan fingerprint density at radius 1 is 1.20 bits per heavy atom. The van der Waals surface area contributed by atoms with Gasteiger partial charge in [0, 0.05) is 24.7 Å². The highest BCUT2D eigenvalue weighted by atomic mass is 19.1. The van der Waals surface area contributed by atoms with Crippen molar-refractivity contribution in [2.24, 2.45) is 5.73 Å². The van der Waals surface area contributed by atoms with Crippen LogP contribution in [0.15, 0.2) is 24.3 Å². The lowest BCUT2D eigenvalue weighted by Gasteiger charge is -2.47. The van der Waals surface area contributed by atoms with Crippen LogP contribution in [0.4, 0.5) is 4.39 Å². The molecule has 2 aliphatic rings. The maximum absolute atomic E-state index is 13.5. The molecule has 1 saturated heterocycles. The Labute approximate surface area is 119 Å². The fraction of sp³-hybridized carbons (Fsp3) is 0.625. The Bertz CT molecular complexity index is 454. The van der Waals surface area contributed by atoms with E-state index in [1.54, 1.807) is 12.1 Å². The molecular formula is C16H23FN2O. The van der Waals surface area contributed by atoms with E-state index in [1.807, 2.05) is 6.07 Å². The van der Waals surface area contributed by atoms with Gasteiger partial charge in [0.15, 0.2) is 0 Å². The van der Waals surface area contributed by atoms with Crippen molar-refractivity contribution >= 4 is 0 Å². The fourth-order valence-electron chi connectivity index (χ4n) is 3.83. The van der Waals surface area contributed by atoms with Crippen LogP contribution in [0.25, 0.3) is 0 Å². The van der Waals surface area contributed by atoms with E-state index in [0.717, 1.165) is 44.7 Å². The smallest absolute Gasteiger partial charge is 0.123 e. The van der Waals surface area contributed by atoms with Gasteiger partial charge in [0.25, 0.3) is 0 Å². The lowest BCUT2D eigenvalue weighted by molar-refractivity contribution is -0.0311. The molecule has 1 aromatic carbocycles. The summed E-state index contributed by atoms with van der Waals surface area (Å²) < 4.78 is 19.0. The second-order valence-electron chi connectivity index (χ2n) is 5.94. The first kappa shape index (κ1) is 14.0. The van der Waals surface area contributed by atoms with E-state index in [0.29, 0.717) is 0 Å². The normalized spacial score (nSPS) is 24.7. The molecule has 1 aromatic rings. The van der Waals surface area contributed by atoms with E-state index in [2.05, 4.69) is 4.90 Å². The van der Waals surface area contributed by atoms with Crippen molar-refractivity contribution in [3.63, 3.8) is 0 Å². The minimum absolute atomic E-state index is 0.0163. The molecule has 4 heteroatoms. The van der Waals surface area contributed by atoms with Crippen LogP contribution < -0.4 is 5.73 Å². The van der Waals surface area contributed by atoms with Crippen molar-refractivity contribution < 1.29 is 9.13 Å². The zero-order chi connectivity index (χ0) is 14.0. The zero-order valence-electron chi connectivity index (χ0n) is 11.9. The SMILES string of the molecule is NC(c1cccc(F)c1)C1(N2CCOCC2)CCCC1. The summed E-state index contributed by atoms with van der Waals surface area (Å²) in [5.74, 6) is -0.201.